The van der Waals surface area contributed by atoms with E-state index in [9.17, 15) is 14.4 Å². The fourth-order valence-electron chi connectivity index (χ4n) is 4.25. The summed E-state index contributed by atoms with van der Waals surface area (Å²) in [6, 6.07) is 13.0. The lowest BCUT2D eigenvalue weighted by molar-refractivity contribution is -0.116. The Morgan fingerprint density at radius 2 is 2.00 bits per heavy atom. The number of halogens is 1. The van der Waals surface area contributed by atoms with Gasteiger partial charge in [-0.25, -0.2) is 9.78 Å². The zero-order chi connectivity index (χ0) is 26.6. The first kappa shape index (κ1) is 25.0. The average molecular weight is 535 g/mol. The lowest BCUT2D eigenvalue weighted by Crippen LogP contribution is -2.29. The smallest absolute Gasteiger partial charge is 0.409 e. The molecule has 0 saturated carbocycles. The molecule has 5 N–H and O–H groups in total. The lowest BCUT2D eigenvalue weighted by atomic mass is 10.1. The average Bonchev–Trinajstić information content (AvgIpc) is 3.56. The minimum Gasteiger partial charge on any atom is -0.465 e. The molecule has 1 atom stereocenters. The van der Waals surface area contributed by atoms with Crippen LogP contribution in [0.25, 0.3) is 22.5 Å². The third kappa shape index (κ3) is 5.68. The van der Waals surface area contributed by atoms with Crippen LogP contribution in [0.2, 0.25) is 5.02 Å². The van der Waals surface area contributed by atoms with Gasteiger partial charge < -0.3 is 25.2 Å². The standard InChI is InChI=1S/C26H23ClN6O5/c27-15-5-3-4-14(10-15)19-12-22(38-33-19)25(35)32-18-6-1-2-7-23(34)30-20-11-16(29-26(36)37)8-9-17(20)21-13-28-24(18)31-21/h3-5,8-13,18,29H,1-2,6-7H2,(H,28,31)(H,30,34)(H,32,35)(H,36,37)/t18-/m0/s1. The maximum Gasteiger partial charge on any atom is 0.409 e. The molecule has 1 aliphatic heterocycles. The van der Waals surface area contributed by atoms with E-state index >= 15 is 0 Å². The first-order valence-corrected chi connectivity index (χ1v) is 12.3. The van der Waals surface area contributed by atoms with E-state index in [2.05, 4.69) is 31.1 Å². The summed E-state index contributed by atoms with van der Waals surface area (Å²) in [4.78, 5) is 44.4. The van der Waals surface area contributed by atoms with Gasteiger partial charge in [-0.3, -0.25) is 14.9 Å². The lowest BCUT2D eigenvalue weighted by Gasteiger charge is -2.17. The zero-order valence-electron chi connectivity index (χ0n) is 20.0. The van der Waals surface area contributed by atoms with Crippen molar-refractivity contribution >= 4 is 40.9 Å². The van der Waals surface area contributed by atoms with Crippen LogP contribution >= 0.6 is 11.6 Å². The van der Waals surface area contributed by atoms with Gasteiger partial charge in [0.2, 0.25) is 11.7 Å². The number of anilines is 2. The Balaban J connectivity index is 1.40. The maximum absolute atomic E-state index is 13.1. The summed E-state index contributed by atoms with van der Waals surface area (Å²) in [5.41, 5.74) is 3.18. The molecule has 194 valence electrons. The summed E-state index contributed by atoms with van der Waals surface area (Å²) in [5, 5.41) is 21.7. The van der Waals surface area contributed by atoms with Gasteiger partial charge in [-0.15, -0.1) is 0 Å². The van der Waals surface area contributed by atoms with Gasteiger partial charge in [-0.1, -0.05) is 35.3 Å². The number of nitrogens with one attached hydrogen (secondary N) is 4. The molecule has 11 nitrogen and oxygen atoms in total. The maximum atomic E-state index is 13.1. The number of H-pyrrole nitrogens is 1. The molecule has 4 aromatic rings. The number of fused-ring (bicyclic) bond motifs is 4. The third-order valence-corrected chi connectivity index (χ3v) is 6.30. The molecule has 0 fully saturated rings. The number of aromatic amines is 1. The largest absolute Gasteiger partial charge is 0.465 e. The minimum absolute atomic E-state index is 0.0426. The number of imidazole rings is 1. The Bertz CT molecular complexity index is 1510. The molecule has 0 spiro atoms. The van der Waals surface area contributed by atoms with Crippen LogP contribution in [-0.4, -0.2) is 38.1 Å². The molecule has 2 aromatic carbocycles. The van der Waals surface area contributed by atoms with Gasteiger partial charge in [-0.05, 0) is 43.2 Å². The highest BCUT2D eigenvalue weighted by atomic mass is 35.5. The first-order valence-electron chi connectivity index (χ1n) is 11.9. The molecular weight excluding hydrogens is 512 g/mol. The number of benzene rings is 2. The van der Waals surface area contributed by atoms with Gasteiger partial charge in [0.1, 0.15) is 11.5 Å². The number of rotatable bonds is 4. The van der Waals surface area contributed by atoms with Crippen molar-refractivity contribution in [3.8, 4) is 22.5 Å². The molecule has 0 aliphatic carbocycles. The van der Waals surface area contributed by atoms with Gasteiger partial charge in [0.15, 0.2) is 0 Å². The summed E-state index contributed by atoms with van der Waals surface area (Å²) in [6.45, 7) is 0. The number of amides is 3. The second kappa shape index (κ2) is 10.8. The number of hydrogen-bond donors (Lipinski definition) is 5. The van der Waals surface area contributed by atoms with Crippen molar-refractivity contribution in [1.82, 2.24) is 20.4 Å². The monoisotopic (exact) mass is 534 g/mol. The predicted octanol–water partition coefficient (Wildman–Crippen LogP) is 5.46. The fourth-order valence-corrected chi connectivity index (χ4v) is 4.44. The SMILES string of the molecule is O=C(O)Nc1ccc2c(c1)NC(=O)CCCC[C@H](NC(=O)c1cc(-c3cccc(Cl)c3)no1)c1ncc-2[nH]1. The minimum atomic E-state index is -1.21. The molecule has 2 aromatic heterocycles. The van der Waals surface area contributed by atoms with Crippen molar-refractivity contribution in [3.05, 3.63) is 71.3 Å². The van der Waals surface area contributed by atoms with Crippen LogP contribution in [0.1, 0.15) is 48.1 Å². The van der Waals surface area contributed by atoms with E-state index in [0.29, 0.717) is 58.4 Å². The van der Waals surface area contributed by atoms with Crippen LogP contribution in [-0.2, 0) is 4.79 Å². The van der Waals surface area contributed by atoms with Crippen molar-refractivity contribution < 1.29 is 24.0 Å². The van der Waals surface area contributed by atoms with E-state index in [-0.39, 0.29) is 18.1 Å². The number of carbonyl (C=O) groups is 3. The molecule has 1 aliphatic rings. The number of carbonyl (C=O) groups excluding carboxylic acids is 2. The molecule has 3 amide bonds. The number of hydrogen-bond acceptors (Lipinski definition) is 6. The highest BCUT2D eigenvalue weighted by Gasteiger charge is 2.23. The number of nitrogens with zero attached hydrogens (tertiary/aromatic N) is 2. The van der Waals surface area contributed by atoms with Crippen molar-refractivity contribution in [1.29, 1.82) is 0 Å². The predicted molar refractivity (Wildman–Crippen MR) is 140 cm³/mol. The van der Waals surface area contributed by atoms with Crippen LogP contribution in [0.4, 0.5) is 16.2 Å². The van der Waals surface area contributed by atoms with E-state index in [4.69, 9.17) is 21.2 Å². The second-order valence-corrected chi connectivity index (χ2v) is 9.22. The van der Waals surface area contributed by atoms with Crippen molar-refractivity contribution in [3.63, 3.8) is 0 Å². The molecule has 38 heavy (non-hydrogen) atoms. The Kier molecular flexibility index (Phi) is 7.09. The molecular formula is C26H23ClN6O5. The molecule has 0 unspecified atom stereocenters. The molecule has 5 rings (SSSR count). The van der Waals surface area contributed by atoms with E-state index in [0.717, 1.165) is 5.56 Å². The Hall–Kier alpha value is -4.64. The van der Waals surface area contributed by atoms with E-state index < -0.39 is 18.0 Å². The highest BCUT2D eigenvalue weighted by molar-refractivity contribution is 6.30. The molecule has 0 saturated heterocycles. The van der Waals surface area contributed by atoms with Gasteiger partial charge in [-0.2, -0.15) is 0 Å². The summed E-state index contributed by atoms with van der Waals surface area (Å²) < 4.78 is 5.30. The van der Waals surface area contributed by atoms with Crippen molar-refractivity contribution in [2.45, 2.75) is 31.7 Å². The molecule has 0 radical (unpaired) electrons. The van der Waals surface area contributed by atoms with Gasteiger partial charge in [0.25, 0.3) is 5.91 Å². The third-order valence-electron chi connectivity index (χ3n) is 6.07. The number of aromatic nitrogens is 3. The van der Waals surface area contributed by atoms with Crippen LogP contribution < -0.4 is 16.0 Å². The summed E-state index contributed by atoms with van der Waals surface area (Å²) in [5.74, 6) is -0.0762. The normalized spacial score (nSPS) is 15.4. The summed E-state index contributed by atoms with van der Waals surface area (Å²) in [6.07, 6.45) is 2.42. The molecule has 2 bridgehead atoms. The van der Waals surface area contributed by atoms with Gasteiger partial charge in [0, 0.05) is 34.3 Å². The van der Waals surface area contributed by atoms with Crippen LogP contribution in [0.15, 0.2) is 59.3 Å². The topological polar surface area (TPSA) is 162 Å². The quantitative estimate of drug-likeness (QED) is 0.232. The van der Waals surface area contributed by atoms with E-state index in [1.54, 1.807) is 48.7 Å². The van der Waals surface area contributed by atoms with Crippen LogP contribution in [0.3, 0.4) is 0 Å². The summed E-state index contributed by atoms with van der Waals surface area (Å²) >= 11 is 6.06. The summed E-state index contributed by atoms with van der Waals surface area (Å²) in [7, 11) is 0. The van der Waals surface area contributed by atoms with Crippen molar-refractivity contribution in [2.75, 3.05) is 10.6 Å². The Labute approximate surface area is 221 Å². The highest BCUT2D eigenvalue weighted by Crippen LogP contribution is 2.32. The fraction of sp³-hybridized carbons (Fsp3) is 0.192. The Morgan fingerprint density at radius 3 is 2.82 bits per heavy atom. The van der Waals surface area contributed by atoms with E-state index in [1.807, 2.05) is 6.07 Å². The van der Waals surface area contributed by atoms with Crippen LogP contribution in [0, 0.1) is 0 Å². The van der Waals surface area contributed by atoms with Gasteiger partial charge >= 0.3 is 6.09 Å². The Morgan fingerprint density at radius 1 is 1.13 bits per heavy atom. The second-order valence-electron chi connectivity index (χ2n) is 8.78. The molecule has 3 heterocycles. The number of carboxylic acid groups (broad SMARTS) is 1. The van der Waals surface area contributed by atoms with E-state index in [1.165, 1.54) is 0 Å². The van der Waals surface area contributed by atoms with Crippen molar-refractivity contribution in [2.24, 2.45) is 0 Å². The van der Waals surface area contributed by atoms with Crippen LogP contribution in [0.5, 0.6) is 0 Å². The molecule has 12 heteroatoms. The zero-order valence-corrected chi connectivity index (χ0v) is 20.7. The van der Waals surface area contributed by atoms with Gasteiger partial charge in [0.05, 0.1) is 23.6 Å². The first-order chi connectivity index (χ1) is 18.4.